The normalized spacial score (nSPS) is 11.1. The molecule has 7 nitrogen and oxygen atoms in total. The highest BCUT2D eigenvalue weighted by Gasteiger charge is 2.14. The zero-order valence-corrected chi connectivity index (χ0v) is 15.8. The van der Waals surface area contributed by atoms with Crippen LogP contribution >= 0.6 is 0 Å². The Kier molecular flexibility index (Phi) is 7.10. The number of nitrogens with zero attached hydrogens (tertiary/aromatic N) is 1. The van der Waals surface area contributed by atoms with Gasteiger partial charge in [0.05, 0.1) is 27.9 Å². The Labute approximate surface area is 157 Å². The molecule has 0 radical (unpaired) electrons. The van der Waals surface area contributed by atoms with Crippen molar-refractivity contribution in [2.45, 2.75) is 13.5 Å². The highest BCUT2D eigenvalue weighted by atomic mass is 19.1. The summed E-state index contributed by atoms with van der Waals surface area (Å²) in [5.41, 5.74) is 1.31. The van der Waals surface area contributed by atoms with Gasteiger partial charge in [-0.1, -0.05) is 6.07 Å². The molecule has 27 heavy (non-hydrogen) atoms. The topological polar surface area (TPSA) is 84.3 Å². The maximum Gasteiger partial charge on any atom is 0.203 e. The number of benzene rings is 2. The molecule has 0 amide bonds. The molecule has 0 atom stereocenters. The van der Waals surface area contributed by atoms with E-state index in [1.807, 2.05) is 6.92 Å². The molecule has 146 valence electrons. The molecule has 2 aromatic rings. The first-order chi connectivity index (χ1) is 13.0. The Hall–Kier alpha value is -3.16. The Balaban J connectivity index is 2.25. The SMILES string of the molecule is CCNC(=NCc1ccc(O)c(F)c1)Nc1cc(OC)c(OC)c(OC)c1. The minimum Gasteiger partial charge on any atom is -0.505 e. The second-order valence-corrected chi connectivity index (χ2v) is 5.52. The fraction of sp³-hybridized carbons (Fsp3) is 0.316. The second-order valence-electron chi connectivity index (χ2n) is 5.52. The number of halogens is 1. The summed E-state index contributed by atoms with van der Waals surface area (Å²) in [5.74, 6) is 0.953. The van der Waals surface area contributed by atoms with Crippen molar-refractivity contribution < 1.29 is 23.7 Å². The third-order valence-corrected chi connectivity index (χ3v) is 3.70. The number of methoxy groups -OCH3 is 3. The van der Waals surface area contributed by atoms with Crippen molar-refractivity contribution in [3.05, 3.63) is 41.7 Å². The molecule has 0 aliphatic rings. The minimum atomic E-state index is -0.676. The average molecular weight is 377 g/mol. The number of phenolic OH excluding ortho intramolecular Hbond substituents is 1. The molecule has 8 heteroatoms. The van der Waals surface area contributed by atoms with Crippen LogP contribution in [0.3, 0.4) is 0 Å². The van der Waals surface area contributed by atoms with E-state index >= 15 is 0 Å². The summed E-state index contributed by atoms with van der Waals surface area (Å²) in [5, 5.41) is 15.5. The number of hydrogen-bond donors (Lipinski definition) is 3. The van der Waals surface area contributed by atoms with Crippen LogP contribution in [0.4, 0.5) is 10.1 Å². The number of phenols is 1. The van der Waals surface area contributed by atoms with Gasteiger partial charge in [0.1, 0.15) is 0 Å². The van der Waals surface area contributed by atoms with Gasteiger partial charge in [-0.25, -0.2) is 9.38 Å². The first-order valence-electron chi connectivity index (χ1n) is 8.35. The van der Waals surface area contributed by atoms with Crippen LogP contribution in [0.15, 0.2) is 35.3 Å². The second kappa shape index (κ2) is 9.51. The zero-order valence-electron chi connectivity index (χ0n) is 15.8. The number of ether oxygens (including phenoxy) is 3. The van der Waals surface area contributed by atoms with Gasteiger partial charge in [-0.05, 0) is 24.6 Å². The van der Waals surface area contributed by atoms with Gasteiger partial charge in [0.2, 0.25) is 5.75 Å². The van der Waals surface area contributed by atoms with Crippen molar-refractivity contribution >= 4 is 11.6 Å². The summed E-state index contributed by atoms with van der Waals surface area (Å²) in [6, 6.07) is 7.69. The van der Waals surface area contributed by atoms with Crippen molar-refractivity contribution in [1.82, 2.24) is 5.32 Å². The number of aromatic hydroxyl groups is 1. The van der Waals surface area contributed by atoms with Crippen LogP contribution in [0.2, 0.25) is 0 Å². The molecule has 3 N–H and O–H groups in total. The Morgan fingerprint density at radius 1 is 1.07 bits per heavy atom. The zero-order chi connectivity index (χ0) is 19.8. The summed E-state index contributed by atoms with van der Waals surface area (Å²) in [6.07, 6.45) is 0. The first-order valence-corrected chi connectivity index (χ1v) is 8.35. The molecule has 0 fully saturated rings. The van der Waals surface area contributed by atoms with Gasteiger partial charge in [0.15, 0.2) is 29.0 Å². The number of aliphatic imine (C=N–C) groups is 1. The van der Waals surface area contributed by atoms with E-state index in [2.05, 4.69) is 15.6 Å². The van der Waals surface area contributed by atoms with E-state index in [1.54, 1.807) is 32.4 Å². The van der Waals surface area contributed by atoms with Gasteiger partial charge < -0.3 is 30.0 Å². The predicted octanol–water partition coefficient (Wildman–Crippen LogP) is 3.13. The maximum atomic E-state index is 13.5. The molecule has 2 aromatic carbocycles. The van der Waals surface area contributed by atoms with Gasteiger partial charge >= 0.3 is 0 Å². The molecule has 2 rings (SSSR count). The summed E-state index contributed by atoms with van der Waals surface area (Å²) in [4.78, 5) is 4.44. The lowest BCUT2D eigenvalue weighted by molar-refractivity contribution is 0.324. The Morgan fingerprint density at radius 3 is 2.26 bits per heavy atom. The van der Waals surface area contributed by atoms with Crippen molar-refractivity contribution in [2.24, 2.45) is 4.99 Å². The number of nitrogens with one attached hydrogen (secondary N) is 2. The lowest BCUT2D eigenvalue weighted by Gasteiger charge is -2.16. The van der Waals surface area contributed by atoms with Gasteiger partial charge in [0, 0.05) is 24.4 Å². The van der Waals surface area contributed by atoms with E-state index < -0.39 is 5.82 Å². The summed E-state index contributed by atoms with van der Waals surface area (Å²) in [6.45, 7) is 2.81. The molecule has 0 saturated carbocycles. The molecule has 0 aliphatic heterocycles. The van der Waals surface area contributed by atoms with Crippen LogP contribution in [-0.2, 0) is 6.54 Å². The first kappa shape index (κ1) is 20.2. The van der Waals surface area contributed by atoms with Crippen LogP contribution in [0.5, 0.6) is 23.0 Å². The van der Waals surface area contributed by atoms with Crippen molar-refractivity contribution in [1.29, 1.82) is 0 Å². The van der Waals surface area contributed by atoms with E-state index in [4.69, 9.17) is 14.2 Å². The molecule has 0 bridgehead atoms. The fourth-order valence-corrected chi connectivity index (χ4v) is 2.42. The van der Waals surface area contributed by atoms with E-state index in [0.29, 0.717) is 41.0 Å². The summed E-state index contributed by atoms with van der Waals surface area (Å²) < 4.78 is 29.5. The molecular weight excluding hydrogens is 353 g/mol. The molecule has 0 heterocycles. The number of anilines is 1. The maximum absolute atomic E-state index is 13.5. The average Bonchev–Trinajstić information content (AvgIpc) is 2.67. The molecule has 0 aromatic heterocycles. The van der Waals surface area contributed by atoms with Gasteiger partial charge in [-0.15, -0.1) is 0 Å². The lowest BCUT2D eigenvalue weighted by Crippen LogP contribution is -2.30. The van der Waals surface area contributed by atoms with E-state index in [1.165, 1.54) is 19.2 Å². The number of hydrogen-bond acceptors (Lipinski definition) is 5. The molecule has 0 spiro atoms. The molecule has 0 saturated heterocycles. The standard InChI is InChI=1S/C19H24FN3O4/c1-5-21-19(22-11-12-6-7-15(24)14(20)8-12)23-13-9-16(25-2)18(27-4)17(10-13)26-3/h6-10,24H,5,11H2,1-4H3,(H2,21,22,23). The Morgan fingerprint density at radius 2 is 1.74 bits per heavy atom. The van der Waals surface area contributed by atoms with Crippen molar-refractivity contribution in [3.63, 3.8) is 0 Å². The van der Waals surface area contributed by atoms with E-state index in [9.17, 15) is 9.50 Å². The number of guanidine groups is 1. The Bertz CT molecular complexity index is 787. The van der Waals surface area contributed by atoms with E-state index in [-0.39, 0.29) is 12.3 Å². The minimum absolute atomic E-state index is 0.233. The number of rotatable bonds is 7. The third kappa shape index (κ3) is 5.16. The van der Waals surface area contributed by atoms with Gasteiger partial charge in [-0.3, -0.25) is 0 Å². The molecule has 0 aliphatic carbocycles. The van der Waals surface area contributed by atoms with Crippen molar-refractivity contribution in [2.75, 3.05) is 33.2 Å². The smallest absolute Gasteiger partial charge is 0.203 e. The molecule has 0 unspecified atom stereocenters. The van der Waals surface area contributed by atoms with Gasteiger partial charge in [0.25, 0.3) is 0 Å². The van der Waals surface area contributed by atoms with Crippen LogP contribution in [0.25, 0.3) is 0 Å². The summed E-state index contributed by atoms with van der Waals surface area (Å²) >= 11 is 0. The van der Waals surface area contributed by atoms with Crippen molar-refractivity contribution in [3.8, 4) is 23.0 Å². The van der Waals surface area contributed by atoms with Crippen LogP contribution in [-0.4, -0.2) is 38.9 Å². The fourth-order valence-electron chi connectivity index (χ4n) is 2.42. The van der Waals surface area contributed by atoms with Crippen LogP contribution in [0.1, 0.15) is 12.5 Å². The third-order valence-electron chi connectivity index (χ3n) is 3.70. The van der Waals surface area contributed by atoms with Crippen LogP contribution in [0, 0.1) is 5.82 Å². The highest BCUT2D eigenvalue weighted by molar-refractivity contribution is 5.94. The molecular formula is C19H24FN3O4. The quantitative estimate of drug-likeness (QED) is 0.508. The largest absolute Gasteiger partial charge is 0.505 e. The summed E-state index contributed by atoms with van der Waals surface area (Å²) in [7, 11) is 4.62. The van der Waals surface area contributed by atoms with Gasteiger partial charge in [-0.2, -0.15) is 0 Å². The van der Waals surface area contributed by atoms with Crippen LogP contribution < -0.4 is 24.8 Å². The highest BCUT2D eigenvalue weighted by Crippen LogP contribution is 2.39. The monoisotopic (exact) mass is 377 g/mol. The predicted molar refractivity (Wildman–Crippen MR) is 103 cm³/mol. The lowest BCUT2D eigenvalue weighted by atomic mass is 10.2. The van der Waals surface area contributed by atoms with E-state index in [0.717, 1.165) is 0 Å².